The van der Waals surface area contributed by atoms with Crippen molar-refractivity contribution in [3.63, 3.8) is 0 Å². The molecule has 4 rings (SSSR count). The van der Waals surface area contributed by atoms with Crippen LogP contribution >= 0.6 is 0 Å². The summed E-state index contributed by atoms with van der Waals surface area (Å²) in [5, 5.41) is 0. The Morgan fingerprint density at radius 2 is 1.31 bits per heavy atom. The van der Waals surface area contributed by atoms with Gasteiger partial charge in [0.2, 0.25) is 0 Å². The number of hydrogen-bond donors (Lipinski definition) is 0. The second kappa shape index (κ2) is 27.1. The minimum absolute atomic E-state index is 0. The third-order valence-electron chi connectivity index (χ3n) is 4.68. The molecule has 1 unspecified atom stereocenters. The van der Waals surface area contributed by atoms with E-state index in [0.717, 1.165) is 12.8 Å². The van der Waals surface area contributed by atoms with Gasteiger partial charge >= 0.3 is 0 Å². The second-order valence-electron chi connectivity index (χ2n) is 6.93. The molecule has 0 heteroatoms. The molecule has 2 aromatic carbocycles. The minimum Gasteiger partial charge on any atom is -0.0981 e. The molecule has 0 amide bonds. The largest absolute Gasteiger partial charge is 0.0981 e. The zero-order chi connectivity index (χ0) is 24.4. The van der Waals surface area contributed by atoms with Crippen molar-refractivity contribution in [3.8, 4) is 23.0 Å². The first-order chi connectivity index (χ1) is 15.8. The molecule has 0 aromatic heterocycles. The van der Waals surface area contributed by atoms with Crippen molar-refractivity contribution in [2.45, 2.75) is 124 Å². The summed E-state index contributed by atoms with van der Waals surface area (Å²) in [5.41, 5.74) is 8.15. The van der Waals surface area contributed by atoms with Gasteiger partial charge in [-0.25, -0.2) is 0 Å². The van der Waals surface area contributed by atoms with E-state index in [9.17, 15) is 0 Å². The van der Waals surface area contributed by atoms with Crippen molar-refractivity contribution in [2.24, 2.45) is 0 Å². The number of allylic oxidation sites excluding steroid dienone is 4. The van der Waals surface area contributed by atoms with Crippen LogP contribution in [0.5, 0.6) is 0 Å². The van der Waals surface area contributed by atoms with Gasteiger partial charge in [-0.2, -0.15) is 0 Å². The molecule has 2 aliphatic rings. The monoisotopic (exact) mass is 494 g/mol. The van der Waals surface area contributed by atoms with E-state index in [4.69, 9.17) is 0 Å². The lowest BCUT2D eigenvalue weighted by atomic mass is 9.74. The Hall–Kier alpha value is -2.52. The minimum atomic E-state index is 0. The Morgan fingerprint density at radius 3 is 1.86 bits per heavy atom. The fourth-order valence-electron chi connectivity index (χ4n) is 3.63. The molecule has 2 aromatic rings. The van der Waals surface area contributed by atoms with Crippen molar-refractivity contribution in [3.05, 3.63) is 77.4 Å². The molecule has 2 aliphatic carbocycles. The van der Waals surface area contributed by atoms with Crippen LogP contribution in [-0.2, 0) is 6.42 Å². The number of rotatable bonds is 2. The SMILES string of the molecule is C.C.C.C.CC.CC.CC.CCC.CCCc1ccc2c(c1)C1C#CC/C=C\C=C/1c1ccccc1-2. The lowest BCUT2D eigenvalue weighted by Gasteiger charge is -2.28. The van der Waals surface area contributed by atoms with Crippen LogP contribution in [0, 0.1) is 11.8 Å². The quantitative estimate of drug-likeness (QED) is 0.364. The normalized spacial score (nSPS) is 14.6. The molecule has 0 fully saturated rings. The molecule has 1 atom stereocenters. The highest BCUT2D eigenvalue weighted by Gasteiger charge is 2.27. The molecule has 0 saturated heterocycles. The molecular formula is C36H62. The van der Waals surface area contributed by atoms with Gasteiger partial charge < -0.3 is 0 Å². The third kappa shape index (κ3) is 11.9. The average molecular weight is 495 g/mol. The summed E-state index contributed by atoms with van der Waals surface area (Å²) in [4.78, 5) is 0. The van der Waals surface area contributed by atoms with E-state index in [2.05, 4.69) is 93.3 Å². The van der Waals surface area contributed by atoms with E-state index in [1.807, 2.05) is 41.5 Å². The summed E-state index contributed by atoms with van der Waals surface area (Å²) in [6.07, 6.45) is 11.0. The van der Waals surface area contributed by atoms with Gasteiger partial charge in [-0.05, 0) is 39.8 Å². The van der Waals surface area contributed by atoms with Crippen molar-refractivity contribution in [2.75, 3.05) is 0 Å². The zero-order valence-electron chi connectivity index (χ0n) is 22.2. The van der Waals surface area contributed by atoms with Crippen LogP contribution in [0.1, 0.15) is 134 Å². The first-order valence-corrected chi connectivity index (χ1v) is 12.9. The predicted octanol–water partition coefficient (Wildman–Crippen LogP) is 12.8. The van der Waals surface area contributed by atoms with Gasteiger partial charge in [0.25, 0.3) is 0 Å². The predicted molar refractivity (Wildman–Crippen MR) is 175 cm³/mol. The van der Waals surface area contributed by atoms with Crippen molar-refractivity contribution >= 4 is 5.57 Å². The first-order valence-electron chi connectivity index (χ1n) is 12.9. The number of fused-ring (bicyclic) bond motifs is 6. The topological polar surface area (TPSA) is 0 Å². The molecule has 0 nitrogen and oxygen atoms in total. The Labute approximate surface area is 229 Å². The van der Waals surface area contributed by atoms with E-state index >= 15 is 0 Å². The smallest absolute Gasteiger partial charge is 0.0714 e. The molecule has 206 valence electrons. The molecule has 0 bridgehead atoms. The maximum absolute atomic E-state index is 3.52. The van der Waals surface area contributed by atoms with E-state index < -0.39 is 0 Å². The Kier molecular flexibility index (Phi) is 32.7. The Balaban J connectivity index is -0.000000222. The highest BCUT2D eigenvalue weighted by molar-refractivity contribution is 5.93. The summed E-state index contributed by atoms with van der Waals surface area (Å²) in [7, 11) is 0. The summed E-state index contributed by atoms with van der Waals surface area (Å²) >= 11 is 0. The maximum atomic E-state index is 3.52. The highest BCUT2D eigenvalue weighted by atomic mass is 14.3. The van der Waals surface area contributed by atoms with Gasteiger partial charge in [0.1, 0.15) is 0 Å². The standard InChI is InChI=1S/C23H20.C3H8.3C2H6.4CH4/c1-2-9-17-14-15-22-20-13-8-7-12-18(20)19-10-5-3-4-6-11-21(19)23(22)16-17;1-3-2;3*1-2;;;;/h3,5,7-8,10,12-16,21H,2,4,9H2,1H3;3H2,1-2H3;3*1-2H3;4*1H4/b5-3-,19-10-;;;;;;;;. The zero-order valence-corrected chi connectivity index (χ0v) is 22.2. The molecule has 0 saturated carbocycles. The fourth-order valence-corrected chi connectivity index (χ4v) is 3.63. The number of benzene rings is 2. The van der Waals surface area contributed by atoms with Gasteiger partial charge in [-0.3, -0.25) is 0 Å². The van der Waals surface area contributed by atoms with Crippen LogP contribution in [0.25, 0.3) is 16.7 Å². The van der Waals surface area contributed by atoms with Gasteiger partial charge in [0.15, 0.2) is 0 Å². The molecule has 0 spiro atoms. The van der Waals surface area contributed by atoms with Gasteiger partial charge in [0, 0.05) is 6.42 Å². The van der Waals surface area contributed by atoms with E-state index in [1.54, 1.807) is 0 Å². The van der Waals surface area contributed by atoms with Crippen LogP contribution in [0.15, 0.2) is 60.7 Å². The highest BCUT2D eigenvalue weighted by Crippen LogP contribution is 2.46. The molecule has 36 heavy (non-hydrogen) atoms. The van der Waals surface area contributed by atoms with Crippen molar-refractivity contribution in [1.82, 2.24) is 0 Å². The van der Waals surface area contributed by atoms with Crippen LogP contribution in [-0.4, -0.2) is 0 Å². The van der Waals surface area contributed by atoms with Gasteiger partial charge in [0.05, 0.1) is 5.92 Å². The van der Waals surface area contributed by atoms with Crippen LogP contribution in [0.4, 0.5) is 0 Å². The van der Waals surface area contributed by atoms with Gasteiger partial charge in [-0.1, -0.05) is 177 Å². The molecule has 0 heterocycles. The Bertz CT molecular complexity index is 884. The summed E-state index contributed by atoms with van der Waals surface area (Å²) in [6.45, 7) is 18.5. The Morgan fingerprint density at radius 1 is 0.750 bits per heavy atom. The summed E-state index contributed by atoms with van der Waals surface area (Å²) in [5.74, 6) is 7.05. The summed E-state index contributed by atoms with van der Waals surface area (Å²) in [6, 6.07) is 15.7. The average Bonchev–Trinajstić information content (AvgIpc) is 2.84. The lowest BCUT2D eigenvalue weighted by molar-refractivity contribution is 0.917. The van der Waals surface area contributed by atoms with Crippen molar-refractivity contribution < 1.29 is 0 Å². The second-order valence-corrected chi connectivity index (χ2v) is 6.93. The van der Waals surface area contributed by atoms with E-state index in [-0.39, 0.29) is 35.6 Å². The molecular weight excluding hydrogens is 432 g/mol. The molecule has 0 aliphatic heterocycles. The fraction of sp³-hybridized carbons (Fsp3) is 0.500. The molecule has 0 N–H and O–H groups in total. The first kappa shape index (κ1) is 43.5. The van der Waals surface area contributed by atoms with Crippen molar-refractivity contribution in [1.29, 1.82) is 0 Å². The maximum Gasteiger partial charge on any atom is 0.0714 e. The van der Waals surface area contributed by atoms with E-state index in [0.29, 0.717) is 0 Å². The lowest BCUT2D eigenvalue weighted by Crippen LogP contribution is -2.10. The van der Waals surface area contributed by atoms with Crippen LogP contribution < -0.4 is 0 Å². The number of hydrogen-bond acceptors (Lipinski definition) is 0. The summed E-state index contributed by atoms with van der Waals surface area (Å²) < 4.78 is 0. The third-order valence-corrected chi connectivity index (χ3v) is 4.68. The van der Waals surface area contributed by atoms with Crippen LogP contribution in [0.3, 0.4) is 0 Å². The number of aryl methyl sites for hydroxylation is 1. The molecule has 0 radical (unpaired) electrons. The van der Waals surface area contributed by atoms with Gasteiger partial charge in [-0.15, -0.1) is 0 Å². The van der Waals surface area contributed by atoms with E-state index in [1.165, 1.54) is 46.2 Å². The van der Waals surface area contributed by atoms with Crippen LogP contribution in [0.2, 0.25) is 0 Å².